The molecule has 7 aromatic rings. The SMILES string of the molecule is c1ccc(-c2ccc(-c3c4ccccc4c(-c4ccc(-c5cccnc5)nc4)c4ccccc34)cc2)cc1. The van der Waals surface area contributed by atoms with Crippen molar-refractivity contribution in [2.45, 2.75) is 0 Å². The van der Waals surface area contributed by atoms with Gasteiger partial charge in [-0.3, -0.25) is 9.97 Å². The van der Waals surface area contributed by atoms with Crippen LogP contribution >= 0.6 is 0 Å². The van der Waals surface area contributed by atoms with E-state index >= 15 is 0 Å². The Morgan fingerprint density at radius 1 is 0.342 bits per heavy atom. The van der Waals surface area contributed by atoms with Crippen molar-refractivity contribution < 1.29 is 0 Å². The molecule has 0 fully saturated rings. The van der Waals surface area contributed by atoms with Gasteiger partial charge in [0.25, 0.3) is 0 Å². The zero-order chi connectivity index (χ0) is 25.3. The number of fused-ring (bicyclic) bond motifs is 2. The lowest BCUT2D eigenvalue weighted by Gasteiger charge is -2.18. The van der Waals surface area contributed by atoms with Gasteiger partial charge in [0.15, 0.2) is 0 Å². The first-order valence-corrected chi connectivity index (χ1v) is 12.8. The number of hydrogen-bond donors (Lipinski definition) is 0. The quantitative estimate of drug-likeness (QED) is 0.233. The molecule has 0 aliphatic carbocycles. The number of hydrogen-bond acceptors (Lipinski definition) is 2. The third-order valence-corrected chi connectivity index (χ3v) is 7.22. The largest absolute Gasteiger partial charge is 0.264 e. The number of benzene rings is 5. The maximum absolute atomic E-state index is 4.82. The first-order valence-electron chi connectivity index (χ1n) is 12.8. The monoisotopic (exact) mass is 484 g/mol. The Bertz CT molecular complexity index is 1680. The molecule has 0 aliphatic heterocycles. The smallest absolute Gasteiger partial charge is 0.0717 e. The fourth-order valence-corrected chi connectivity index (χ4v) is 5.44. The zero-order valence-corrected chi connectivity index (χ0v) is 20.8. The van der Waals surface area contributed by atoms with Crippen LogP contribution in [0.25, 0.3) is 66.2 Å². The van der Waals surface area contributed by atoms with Gasteiger partial charge >= 0.3 is 0 Å². The third kappa shape index (κ3) is 3.84. The summed E-state index contributed by atoms with van der Waals surface area (Å²) in [7, 11) is 0. The lowest BCUT2D eigenvalue weighted by molar-refractivity contribution is 1.28. The molecule has 5 aromatic carbocycles. The van der Waals surface area contributed by atoms with E-state index in [0.29, 0.717) is 0 Å². The van der Waals surface area contributed by atoms with Crippen molar-refractivity contribution in [1.29, 1.82) is 0 Å². The summed E-state index contributed by atoms with van der Waals surface area (Å²) in [6.45, 7) is 0. The van der Waals surface area contributed by atoms with Crippen LogP contribution in [0.3, 0.4) is 0 Å². The van der Waals surface area contributed by atoms with E-state index in [9.17, 15) is 0 Å². The van der Waals surface area contributed by atoms with Crippen LogP contribution in [0.5, 0.6) is 0 Å². The normalized spacial score (nSPS) is 11.2. The Hall–Kier alpha value is -5.08. The Balaban J connectivity index is 1.43. The van der Waals surface area contributed by atoms with Gasteiger partial charge in [-0.15, -0.1) is 0 Å². The molecular formula is C36H24N2. The van der Waals surface area contributed by atoms with Crippen LogP contribution in [0.1, 0.15) is 0 Å². The highest BCUT2D eigenvalue weighted by Gasteiger charge is 2.16. The van der Waals surface area contributed by atoms with Gasteiger partial charge in [-0.2, -0.15) is 0 Å². The lowest BCUT2D eigenvalue weighted by Crippen LogP contribution is -1.92. The summed E-state index contributed by atoms with van der Waals surface area (Å²) in [4.78, 5) is 9.06. The fraction of sp³-hybridized carbons (Fsp3) is 0. The molecule has 0 aliphatic rings. The molecule has 0 N–H and O–H groups in total. The van der Waals surface area contributed by atoms with Gasteiger partial charge in [-0.1, -0.05) is 109 Å². The van der Waals surface area contributed by atoms with E-state index in [1.165, 1.54) is 49.4 Å². The van der Waals surface area contributed by atoms with Gasteiger partial charge in [-0.25, -0.2) is 0 Å². The second-order valence-corrected chi connectivity index (χ2v) is 9.46. The van der Waals surface area contributed by atoms with Crippen molar-refractivity contribution in [1.82, 2.24) is 9.97 Å². The first-order chi connectivity index (χ1) is 18.9. The summed E-state index contributed by atoms with van der Waals surface area (Å²) in [5.74, 6) is 0. The maximum Gasteiger partial charge on any atom is 0.0717 e. The minimum atomic E-state index is 0.922. The second kappa shape index (κ2) is 9.42. The summed E-state index contributed by atoms with van der Waals surface area (Å²) in [5.41, 5.74) is 9.19. The fourth-order valence-electron chi connectivity index (χ4n) is 5.44. The molecule has 0 radical (unpaired) electrons. The van der Waals surface area contributed by atoms with Crippen LogP contribution in [0.4, 0.5) is 0 Å². The number of rotatable bonds is 4. The van der Waals surface area contributed by atoms with E-state index in [4.69, 9.17) is 4.98 Å². The van der Waals surface area contributed by atoms with E-state index in [1.54, 1.807) is 6.20 Å². The Morgan fingerprint density at radius 2 is 0.842 bits per heavy atom. The second-order valence-electron chi connectivity index (χ2n) is 9.46. The van der Waals surface area contributed by atoms with Crippen molar-refractivity contribution in [3.63, 3.8) is 0 Å². The van der Waals surface area contributed by atoms with Gasteiger partial charge < -0.3 is 0 Å². The molecule has 0 unspecified atom stereocenters. The zero-order valence-electron chi connectivity index (χ0n) is 20.8. The summed E-state index contributed by atoms with van der Waals surface area (Å²) in [6, 6.07) is 45.2. The molecule has 38 heavy (non-hydrogen) atoms. The molecule has 2 heterocycles. The van der Waals surface area contributed by atoms with Crippen LogP contribution in [-0.4, -0.2) is 9.97 Å². The van der Waals surface area contributed by atoms with Crippen molar-refractivity contribution in [3.05, 3.63) is 146 Å². The molecule has 0 spiro atoms. The summed E-state index contributed by atoms with van der Waals surface area (Å²) in [6.07, 6.45) is 5.63. The Labute approximate surface area is 221 Å². The number of nitrogens with zero attached hydrogens (tertiary/aromatic N) is 2. The minimum absolute atomic E-state index is 0.922. The maximum atomic E-state index is 4.82. The van der Waals surface area contributed by atoms with Crippen LogP contribution < -0.4 is 0 Å². The van der Waals surface area contributed by atoms with E-state index in [0.717, 1.165) is 16.8 Å². The highest BCUT2D eigenvalue weighted by atomic mass is 14.7. The van der Waals surface area contributed by atoms with E-state index < -0.39 is 0 Å². The van der Waals surface area contributed by atoms with Gasteiger partial charge in [0.05, 0.1) is 5.69 Å². The predicted molar refractivity (Wildman–Crippen MR) is 159 cm³/mol. The molecular weight excluding hydrogens is 460 g/mol. The Morgan fingerprint density at radius 3 is 1.39 bits per heavy atom. The van der Waals surface area contributed by atoms with Crippen LogP contribution in [0.2, 0.25) is 0 Å². The summed E-state index contributed by atoms with van der Waals surface area (Å²) >= 11 is 0. The standard InChI is InChI=1S/C36H24N2/c1-2-9-25(10-3-1)26-16-18-27(19-17-26)35-30-12-4-6-14-32(30)36(33-15-7-5-13-31(33)35)29-20-21-34(38-24-29)28-11-8-22-37-23-28/h1-24H. The third-order valence-electron chi connectivity index (χ3n) is 7.22. The first kappa shape index (κ1) is 22.1. The lowest BCUT2D eigenvalue weighted by atomic mass is 9.86. The van der Waals surface area contributed by atoms with Crippen LogP contribution in [0, 0.1) is 0 Å². The van der Waals surface area contributed by atoms with Gasteiger partial charge in [-0.05, 0) is 67.6 Å². The van der Waals surface area contributed by atoms with E-state index in [-0.39, 0.29) is 0 Å². The number of pyridine rings is 2. The van der Waals surface area contributed by atoms with E-state index in [2.05, 4.69) is 120 Å². The molecule has 178 valence electrons. The topological polar surface area (TPSA) is 25.8 Å². The Kier molecular flexibility index (Phi) is 5.49. The van der Waals surface area contributed by atoms with Crippen molar-refractivity contribution in [2.75, 3.05) is 0 Å². The van der Waals surface area contributed by atoms with Crippen LogP contribution in [-0.2, 0) is 0 Å². The highest BCUT2D eigenvalue weighted by molar-refractivity contribution is 6.21. The van der Waals surface area contributed by atoms with Gasteiger partial charge in [0, 0.05) is 29.7 Å². The summed E-state index contributed by atoms with van der Waals surface area (Å²) in [5, 5.41) is 4.93. The molecule has 2 aromatic heterocycles. The average molecular weight is 485 g/mol. The molecule has 0 amide bonds. The van der Waals surface area contributed by atoms with Crippen LogP contribution in [0.15, 0.2) is 146 Å². The average Bonchev–Trinajstić information content (AvgIpc) is 3.01. The van der Waals surface area contributed by atoms with Gasteiger partial charge in [0.2, 0.25) is 0 Å². The molecule has 0 bridgehead atoms. The highest BCUT2D eigenvalue weighted by Crippen LogP contribution is 2.43. The van der Waals surface area contributed by atoms with E-state index in [1.807, 2.05) is 24.5 Å². The van der Waals surface area contributed by atoms with Crippen molar-refractivity contribution in [3.8, 4) is 44.6 Å². The van der Waals surface area contributed by atoms with Gasteiger partial charge in [0.1, 0.15) is 0 Å². The molecule has 0 atom stereocenters. The number of aromatic nitrogens is 2. The predicted octanol–water partition coefficient (Wildman–Crippen LogP) is 9.45. The molecule has 2 nitrogen and oxygen atoms in total. The molecule has 0 saturated carbocycles. The minimum Gasteiger partial charge on any atom is -0.264 e. The van der Waals surface area contributed by atoms with Crippen molar-refractivity contribution >= 4 is 21.5 Å². The molecule has 7 rings (SSSR count). The van der Waals surface area contributed by atoms with Crippen molar-refractivity contribution in [2.24, 2.45) is 0 Å². The molecule has 0 saturated heterocycles. The summed E-state index contributed by atoms with van der Waals surface area (Å²) < 4.78 is 0. The molecule has 2 heteroatoms.